The Labute approximate surface area is 71.6 Å². The number of amides is 1. The number of carbonyl (C=O) groups excluding carboxylic acids is 1. The van der Waals surface area contributed by atoms with Gasteiger partial charge in [0.25, 0.3) is 0 Å². The molecule has 0 aliphatic heterocycles. The number of rotatable bonds is 2. The fourth-order valence-corrected chi connectivity index (χ4v) is 1.18. The molecule has 1 amide bonds. The molecule has 0 spiro atoms. The van der Waals surface area contributed by atoms with Crippen LogP contribution < -0.4 is 5.32 Å². The average molecular weight is 167 g/mol. The summed E-state index contributed by atoms with van der Waals surface area (Å²) in [7, 11) is 1.87. The maximum Gasteiger partial charge on any atom is 0.221 e. The van der Waals surface area contributed by atoms with Gasteiger partial charge < -0.3 is 5.32 Å². The first-order chi connectivity index (χ1) is 5.65. The normalized spacial score (nSPS) is 9.92. The predicted octanol–water partition coefficient (Wildman–Crippen LogP) is 0.941. The van der Waals surface area contributed by atoms with Crippen molar-refractivity contribution in [1.82, 2.24) is 9.78 Å². The van der Waals surface area contributed by atoms with Gasteiger partial charge in [0.2, 0.25) is 5.91 Å². The highest BCUT2D eigenvalue weighted by Gasteiger charge is 2.06. The van der Waals surface area contributed by atoms with E-state index in [2.05, 4.69) is 10.4 Å². The number of aryl methyl sites for hydroxylation is 1. The molecule has 66 valence electrons. The highest BCUT2D eigenvalue weighted by Crippen LogP contribution is 2.13. The van der Waals surface area contributed by atoms with Crippen molar-refractivity contribution in [2.75, 3.05) is 5.32 Å². The highest BCUT2D eigenvalue weighted by atomic mass is 16.1. The summed E-state index contributed by atoms with van der Waals surface area (Å²) in [5.74, 6) is -0.0577. The summed E-state index contributed by atoms with van der Waals surface area (Å²) < 4.78 is 1.77. The van der Waals surface area contributed by atoms with E-state index in [1.54, 1.807) is 10.9 Å². The van der Waals surface area contributed by atoms with Crippen LogP contribution >= 0.6 is 0 Å². The van der Waals surface area contributed by atoms with Crippen molar-refractivity contribution >= 4 is 11.6 Å². The lowest BCUT2D eigenvalue weighted by atomic mass is 10.3. The minimum absolute atomic E-state index is 0.0577. The lowest BCUT2D eigenvalue weighted by Gasteiger charge is -2.02. The van der Waals surface area contributed by atoms with Crippen molar-refractivity contribution < 1.29 is 4.79 Å². The van der Waals surface area contributed by atoms with Gasteiger partial charge in [-0.05, 0) is 6.42 Å². The van der Waals surface area contributed by atoms with Crippen LogP contribution in [-0.4, -0.2) is 15.7 Å². The van der Waals surface area contributed by atoms with E-state index in [1.165, 1.54) is 6.92 Å². The minimum atomic E-state index is -0.0577. The first kappa shape index (κ1) is 8.77. The highest BCUT2D eigenvalue weighted by molar-refractivity contribution is 5.89. The minimum Gasteiger partial charge on any atom is -0.323 e. The topological polar surface area (TPSA) is 46.9 Å². The van der Waals surface area contributed by atoms with Gasteiger partial charge in [-0.2, -0.15) is 5.10 Å². The van der Waals surface area contributed by atoms with E-state index in [0.29, 0.717) is 0 Å². The third-order valence-corrected chi connectivity index (χ3v) is 1.71. The lowest BCUT2D eigenvalue weighted by molar-refractivity contribution is -0.114. The van der Waals surface area contributed by atoms with Crippen LogP contribution in [0.4, 0.5) is 5.69 Å². The Morgan fingerprint density at radius 1 is 1.75 bits per heavy atom. The second kappa shape index (κ2) is 3.38. The Balaban J connectivity index is 2.91. The van der Waals surface area contributed by atoms with E-state index in [0.717, 1.165) is 17.8 Å². The number of nitrogens with zero attached hydrogens (tertiary/aromatic N) is 2. The molecular weight excluding hydrogens is 154 g/mol. The summed E-state index contributed by atoms with van der Waals surface area (Å²) in [6.45, 7) is 3.52. The van der Waals surface area contributed by atoms with Crippen LogP contribution in [0.5, 0.6) is 0 Å². The molecule has 0 saturated carbocycles. The molecule has 0 radical (unpaired) electrons. The number of aromatic nitrogens is 2. The number of nitrogens with one attached hydrogen (secondary N) is 1. The Morgan fingerprint density at radius 3 is 2.92 bits per heavy atom. The number of carbonyl (C=O) groups is 1. The maximum absolute atomic E-state index is 10.7. The van der Waals surface area contributed by atoms with Crippen molar-refractivity contribution in [2.45, 2.75) is 20.3 Å². The second-order valence-electron chi connectivity index (χ2n) is 2.66. The van der Waals surface area contributed by atoms with Gasteiger partial charge in [0.1, 0.15) is 0 Å². The molecule has 0 atom stereocenters. The van der Waals surface area contributed by atoms with Gasteiger partial charge in [0.05, 0.1) is 17.6 Å². The van der Waals surface area contributed by atoms with Gasteiger partial charge in [-0.3, -0.25) is 9.48 Å². The molecular formula is C8H13N3O. The maximum atomic E-state index is 10.7. The van der Waals surface area contributed by atoms with E-state index in [-0.39, 0.29) is 5.91 Å². The van der Waals surface area contributed by atoms with Crippen LogP contribution in [0.25, 0.3) is 0 Å². The number of hydrogen-bond donors (Lipinski definition) is 1. The molecule has 1 aromatic heterocycles. The molecule has 12 heavy (non-hydrogen) atoms. The zero-order valence-corrected chi connectivity index (χ0v) is 7.59. The van der Waals surface area contributed by atoms with Gasteiger partial charge in [0, 0.05) is 14.0 Å². The van der Waals surface area contributed by atoms with Crippen molar-refractivity contribution in [3.8, 4) is 0 Å². The number of hydrogen-bond acceptors (Lipinski definition) is 2. The van der Waals surface area contributed by atoms with E-state index < -0.39 is 0 Å². The molecule has 0 saturated heterocycles. The molecule has 1 N–H and O–H groups in total. The molecule has 4 nitrogen and oxygen atoms in total. The van der Waals surface area contributed by atoms with Crippen LogP contribution in [0.3, 0.4) is 0 Å². The van der Waals surface area contributed by atoms with E-state index >= 15 is 0 Å². The summed E-state index contributed by atoms with van der Waals surface area (Å²) in [5.41, 5.74) is 1.86. The van der Waals surface area contributed by atoms with Crippen LogP contribution in [0.2, 0.25) is 0 Å². The van der Waals surface area contributed by atoms with Crippen LogP contribution in [0, 0.1) is 0 Å². The SMILES string of the molecule is CCc1c(NC(C)=O)cnn1C. The molecule has 0 aliphatic rings. The zero-order chi connectivity index (χ0) is 9.14. The molecule has 4 heteroatoms. The Hall–Kier alpha value is -1.32. The van der Waals surface area contributed by atoms with Crippen molar-refractivity contribution in [2.24, 2.45) is 7.05 Å². The molecule has 0 unspecified atom stereocenters. The molecule has 1 rings (SSSR count). The zero-order valence-electron chi connectivity index (χ0n) is 7.59. The fourth-order valence-electron chi connectivity index (χ4n) is 1.18. The smallest absolute Gasteiger partial charge is 0.221 e. The van der Waals surface area contributed by atoms with Gasteiger partial charge in [-0.25, -0.2) is 0 Å². The summed E-state index contributed by atoms with van der Waals surface area (Å²) in [5, 5.41) is 6.77. The summed E-state index contributed by atoms with van der Waals surface area (Å²) in [6.07, 6.45) is 2.53. The molecule has 1 aromatic rings. The third kappa shape index (κ3) is 1.64. The van der Waals surface area contributed by atoms with Crippen LogP contribution in [0.1, 0.15) is 19.5 Å². The molecule has 0 aliphatic carbocycles. The second-order valence-corrected chi connectivity index (χ2v) is 2.66. The Morgan fingerprint density at radius 2 is 2.42 bits per heavy atom. The first-order valence-corrected chi connectivity index (χ1v) is 3.93. The standard InChI is InChI=1S/C8H13N3O/c1-4-8-7(10-6(2)12)5-9-11(8)3/h5H,4H2,1-3H3,(H,10,12). The van der Waals surface area contributed by atoms with Gasteiger partial charge in [-0.15, -0.1) is 0 Å². The molecule has 0 fully saturated rings. The monoisotopic (exact) mass is 167 g/mol. The summed E-state index contributed by atoms with van der Waals surface area (Å²) >= 11 is 0. The van der Waals surface area contributed by atoms with Gasteiger partial charge >= 0.3 is 0 Å². The van der Waals surface area contributed by atoms with Gasteiger partial charge in [-0.1, -0.05) is 6.92 Å². The first-order valence-electron chi connectivity index (χ1n) is 3.93. The predicted molar refractivity (Wildman–Crippen MR) is 46.9 cm³/mol. The third-order valence-electron chi connectivity index (χ3n) is 1.71. The van der Waals surface area contributed by atoms with Crippen molar-refractivity contribution in [3.05, 3.63) is 11.9 Å². The van der Waals surface area contributed by atoms with E-state index in [9.17, 15) is 4.79 Å². The average Bonchev–Trinajstić information content (AvgIpc) is 2.30. The van der Waals surface area contributed by atoms with E-state index in [4.69, 9.17) is 0 Å². The molecule has 0 aromatic carbocycles. The van der Waals surface area contributed by atoms with Crippen molar-refractivity contribution in [3.63, 3.8) is 0 Å². The van der Waals surface area contributed by atoms with Gasteiger partial charge in [0.15, 0.2) is 0 Å². The van der Waals surface area contributed by atoms with Crippen molar-refractivity contribution in [1.29, 1.82) is 0 Å². The Kier molecular flexibility index (Phi) is 2.47. The molecule has 1 heterocycles. The largest absolute Gasteiger partial charge is 0.323 e. The van der Waals surface area contributed by atoms with Crippen LogP contribution in [-0.2, 0) is 18.3 Å². The van der Waals surface area contributed by atoms with E-state index in [1.807, 2.05) is 14.0 Å². The summed E-state index contributed by atoms with van der Waals surface area (Å²) in [4.78, 5) is 10.7. The lowest BCUT2D eigenvalue weighted by Crippen LogP contribution is -2.07. The summed E-state index contributed by atoms with van der Waals surface area (Å²) in [6, 6.07) is 0. The Bertz CT molecular complexity index is 290. The van der Waals surface area contributed by atoms with Crippen LogP contribution in [0.15, 0.2) is 6.20 Å². The molecule has 0 bridgehead atoms. The fraction of sp³-hybridized carbons (Fsp3) is 0.500. The quantitative estimate of drug-likeness (QED) is 0.712. The number of anilines is 1.